The Kier molecular flexibility index (Phi) is 5.64. The van der Waals surface area contributed by atoms with E-state index in [4.69, 9.17) is 13.9 Å². The fourth-order valence-electron chi connectivity index (χ4n) is 2.40. The first-order chi connectivity index (χ1) is 10.1. The van der Waals surface area contributed by atoms with E-state index in [0.29, 0.717) is 32.8 Å². The average Bonchev–Trinajstić information content (AvgIpc) is 2.93. The molecule has 6 nitrogen and oxygen atoms in total. The van der Waals surface area contributed by atoms with Gasteiger partial charge in [0.2, 0.25) is 0 Å². The van der Waals surface area contributed by atoms with Crippen molar-refractivity contribution in [2.45, 2.75) is 19.4 Å². The molecule has 0 radical (unpaired) electrons. The molecule has 0 aromatic carbocycles. The van der Waals surface area contributed by atoms with Gasteiger partial charge in [-0.25, -0.2) is 4.79 Å². The Morgan fingerprint density at radius 1 is 1.52 bits per heavy atom. The van der Waals surface area contributed by atoms with Crippen molar-refractivity contribution in [2.24, 2.45) is 0 Å². The van der Waals surface area contributed by atoms with Gasteiger partial charge in [0.1, 0.15) is 17.6 Å². The van der Waals surface area contributed by atoms with Crippen LogP contribution in [0.1, 0.15) is 24.0 Å². The molecule has 1 aromatic heterocycles. The molecule has 0 aliphatic carbocycles. The number of morpholine rings is 1. The van der Waals surface area contributed by atoms with Crippen LogP contribution in [0.3, 0.4) is 0 Å². The first-order valence-corrected chi connectivity index (χ1v) is 7.28. The fraction of sp³-hybridized carbons (Fsp3) is 0.667. The summed E-state index contributed by atoms with van der Waals surface area (Å²) in [5.41, 5.74) is 0. The minimum atomic E-state index is -0.177. The van der Waals surface area contributed by atoms with E-state index in [1.807, 2.05) is 31.0 Å². The summed E-state index contributed by atoms with van der Waals surface area (Å²) in [4.78, 5) is 15.9. The van der Waals surface area contributed by atoms with Crippen LogP contribution in [0.4, 0.5) is 4.79 Å². The highest BCUT2D eigenvalue weighted by atomic mass is 16.5. The van der Waals surface area contributed by atoms with Crippen LogP contribution in [0.15, 0.2) is 16.5 Å². The van der Waals surface area contributed by atoms with E-state index < -0.39 is 0 Å². The monoisotopic (exact) mass is 296 g/mol. The molecule has 0 N–H and O–H groups in total. The largest absolute Gasteiger partial charge is 0.464 e. The molecule has 1 aliphatic rings. The van der Waals surface area contributed by atoms with E-state index in [1.54, 1.807) is 12.0 Å². The van der Waals surface area contributed by atoms with Gasteiger partial charge < -0.3 is 23.7 Å². The number of methoxy groups -OCH3 is 1. The van der Waals surface area contributed by atoms with Crippen molar-refractivity contribution in [3.63, 3.8) is 0 Å². The maximum absolute atomic E-state index is 12.4. The molecule has 2 amide bonds. The summed E-state index contributed by atoms with van der Waals surface area (Å²) in [5, 5.41) is 0. The van der Waals surface area contributed by atoms with Gasteiger partial charge in [0.25, 0.3) is 0 Å². The molecule has 0 unspecified atom stereocenters. The van der Waals surface area contributed by atoms with Gasteiger partial charge >= 0.3 is 6.03 Å². The molecule has 2 heterocycles. The van der Waals surface area contributed by atoms with Crippen molar-refractivity contribution in [3.8, 4) is 0 Å². The summed E-state index contributed by atoms with van der Waals surface area (Å²) >= 11 is 0. The zero-order valence-corrected chi connectivity index (χ0v) is 13.0. The molecule has 1 saturated heterocycles. The Bertz CT molecular complexity index is 460. The summed E-state index contributed by atoms with van der Waals surface area (Å²) < 4.78 is 16.3. The second kappa shape index (κ2) is 7.47. The van der Waals surface area contributed by atoms with Crippen molar-refractivity contribution in [1.29, 1.82) is 0 Å². The standard InChI is InChI=1S/C15H24N2O4/c1-12-5-6-13(21-12)14-11-17(8-10-20-14)15(18)16(2)7-4-9-19-3/h5-6,14H,4,7-11H2,1-3H3/t14-/m0/s1. The van der Waals surface area contributed by atoms with E-state index in [9.17, 15) is 4.79 Å². The number of carbonyl (C=O) groups excluding carboxylic acids is 1. The van der Waals surface area contributed by atoms with Crippen LogP contribution in [-0.2, 0) is 9.47 Å². The molecule has 2 rings (SSSR count). The van der Waals surface area contributed by atoms with Gasteiger partial charge in [-0.3, -0.25) is 0 Å². The van der Waals surface area contributed by atoms with Crippen LogP contribution in [0.5, 0.6) is 0 Å². The zero-order chi connectivity index (χ0) is 15.2. The maximum Gasteiger partial charge on any atom is 0.319 e. The maximum atomic E-state index is 12.4. The van der Waals surface area contributed by atoms with Gasteiger partial charge in [-0.2, -0.15) is 0 Å². The Hall–Kier alpha value is -1.53. The summed E-state index contributed by atoms with van der Waals surface area (Å²) in [6.45, 7) is 4.93. The number of amides is 2. The second-order valence-corrected chi connectivity index (χ2v) is 5.30. The van der Waals surface area contributed by atoms with E-state index in [-0.39, 0.29) is 12.1 Å². The van der Waals surface area contributed by atoms with Crippen LogP contribution in [0.25, 0.3) is 0 Å². The summed E-state index contributed by atoms with van der Waals surface area (Å²) in [6, 6.07) is 3.86. The third-order valence-electron chi connectivity index (χ3n) is 3.58. The van der Waals surface area contributed by atoms with Gasteiger partial charge in [-0.1, -0.05) is 0 Å². The normalized spacial score (nSPS) is 18.8. The summed E-state index contributed by atoms with van der Waals surface area (Å²) in [7, 11) is 3.49. The molecule has 118 valence electrons. The minimum Gasteiger partial charge on any atom is -0.464 e. The molecular weight excluding hydrogens is 272 g/mol. The van der Waals surface area contributed by atoms with Crippen LogP contribution in [0.2, 0.25) is 0 Å². The molecule has 21 heavy (non-hydrogen) atoms. The summed E-state index contributed by atoms with van der Waals surface area (Å²) in [5.74, 6) is 1.64. The van der Waals surface area contributed by atoms with Crippen LogP contribution in [-0.4, -0.2) is 62.8 Å². The predicted octanol–water partition coefficient (Wildman–Crippen LogP) is 2.05. The molecular formula is C15H24N2O4. The Balaban J connectivity index is 1.89. The van der Waals surface area contributed by atoms with Gasteiger partial charge in [0.05, 0.1) is 13.2 Å². The van der Waals surface area contributed by atoms with E-state index in [2.05, 4.69) is 0 Å². The Morgan fingerprint density at radius 3 is 3.00 bits per heavy atom. The number of ether oxygens (including phenoxy) is 2. The molecule has 1 fully saturated rings. The highest BCUT2D eigenvalue weighted by Gasteiger charge is 2.28. The summed E-state index contributed by atoms with van der Waals surface area (Å²) in [6.07, 6.45) is 0.660. The van der Waals surface area contributed by atoms with Gasteiger partial charge in [0, 0.05) is 33.9 Å². The van der Waals surface area contributed by atoms with Gasteiger partial charge in [0.15, 0.2) is 0 Å². The second-order valence-electron chi connectivity index (χ2n) is 5.30. The minimum absolute atomic E-state index is 0.0303. The average molecular weight is 296 g/mol. The number of hydrogen-bond acceptors (Lipinski definition) is 4. The van der Waals surface area contributed by atoms with Crippen molar-refractivity contribution < 1.29 is 18.7 Å². The molecule has 6 heteroatoms. The van der Waals surface area contributed by atoms with Crippen LogP contribution >= 0.6 is 0 Å². The predicted molar refractivity (Wildman–Crippen MR) is 78.2 cm³/mol. The van der Waals surface area contributed by atoms with Gasteiger partial charge in [-0.05, 0) is 25.5 Å². The van der Waals surface area contributed by atoms with Gasteiger partial charge in [-0.15, -0.1) is 0 Å². The molecule has 1 atom stereocenters. The topological polar surface area (TPSA) is 55.2 Å². The number of furan rings is 1. The van der Waals surface area contributed by atoms with Crippen molar-refractivity contribution in [1.82, 2.24) is 9.80 Å². The van der Waals surface area contributed by atoms with Crippen LogP contribution in [0, 0.1) is 6.92 Å². The third kappa shape index (κ3) is 4.22. The van der Waals surface area contributed by atoms with E-state index in [0.717, 1.165) is 17.9 Å². The Morgan fingerprint density at radius 2 is 2.33 bits per heavy atom. The van der Waals surface area contributed by atoms with Crippen molar-refractivity contribution in [3.05, 3.63) is 23.7 Å². The smallest absolute Gasteiger partial charge is 0.319 e. The number of carbonyl (C=O) groups is 1. The lowest BCUT2D eigenvalue weighted by Crippen LogP contribution is -2.48. The lowest BCUT2D eigenvalue weighted by molar-refractivity contribution is -0.0302. The quantitative estimate of drug-likeness (QED) is 0.780. The number of rotatable bonds is 5. The Labute approximate surface area is 125 Å². The van der Waals surface area contributed by atoms with Crippen molar-refractivity contribution in [2.75, 3.05) is 47.0 Å². The molecule has 1 aromatic rings. The first-order valence-electron chi connectivity index (χ1n) is 7.28. The molecule has 0 bridgehead atoms. The number of urea groups is 1. The molecule has 0 saturated carbocycles. The first kappa shape index (κ1) is 15.9. The van der Waals surface area contributed by atoms with E-state index in [1.165, 1.54) is 0 Å². The number of nitrogens with zero attached hydrogens (tertiary/aromatic N) is 2. The lowest BCUT2D eigenvalue weighted by Gasteiger charge is -2.34. The zero-order valence-electron chi connectivity index (χ0n) is 13.0. The number of aryl methyl sites for hydroxylation is 1. The SMILES string of the molecule is COCCCN(C)C(=O)N1CCO[C@H](c2ccc(C)o2)C1. The highest BCUT2D eigenvalue weighted by Crippen LogP contribution is 2.24. The highest BCUT2D eigenvalue weighted by molar-refractivity contribution is 5.74. The fourth-order valence-corrected chi connectivity index (χ4v) is 2.40. The third-order valence-corrected chi connectivity index (χ3v) is 3.58. The van der Waals surface area contributed by atoms with Crippen LogP contribution < -0.4 is 0 Å². The van der Waals surface area contributed by atoms with Crippen molar-refractivity contribution >= 4 is 6.03 Å². The molecule has 1 aliphatic heterocycles. The lowest BCUT2D eigenvalue weighted by atomic mass is 10.2. The molecule has 0 spiro atoms. The number of hydrogen-bond donors (Lipinski definition) is 0. The van der Waals surface area contributed by atoms with E-state index >= 15 is 0 Å².